The second-order valence-electron chi connectivity index (χ2n) is 6.74. The largest absolute Gasteiger partial charge is 0.420 e. The number of carbonyl (C=O) groups is 1. The number of pyridine rings is 1. The van der Waals surface area contributed by atoms with Crippen molar-refractivity contribution < 1.29 is 9.53 Å². The Kier molecular flexibility index (Phi) is 3.37. The van der Waals surface area contributed by atoms with Gasteiger partial charge in [0, 0.05) is 12.4 Å². The zero-order chi connectivity index (χ0) is 18.6. The molecule has 2 aliphatic heterocycles. The van der Waals surface area contributed by atoms with Crippen molar-refractivity contribution in [2.75, 3.05) is 6.54 Å². The minimum Gasteiger partial charge on any atom is -0.420 e. The molecule has 0 aromatic carbocycles. The fraction of sp³-hybridized carbons (Fsp3) is 0.294. The van der Waals surface area contributed by atoms with Crippen LogP contribution in [0.5, 0.6) is 5.88 Å². The van der Waals surface area contributed by atoms with Crippen LogP contribution in [-0.2, 0) is 5.66 Å². The summed E-state index contributed by atoms with van der Waals surface area (Å²) >= 11 is 0. The van der Waals surface area contributed by atoms with Crippen LogP contribution in [0.1, 0.15) is 41.4 Å². The van der Waals surface area contributed by atoms with Gasteiger partial charge in [-0.25, -0.2) is 9.69 Å². The Hall–Kier alpha value is -3.22. The van der Waals surface area contributed by atoms with Crippen molar-refractivity contribution in [2.45, 2.75) is 25.4 Å². The van der Waals surface area contributed by atoms with E-state index in [0.29, 0.717) is 11.3 Å². The summed E-state index contributed by atoms with van der Waals surface area (Å²) in [4.78, 5) is 16.9. The summed E-state index contributed by atoms with van der Waals surface area (Å²) in [5, 5.41) is 15.5. The normalized spacial score (nSPS) is 21.6. The molecule has 2 aromatic heterocycles. The number of ether oxygens (including phenoxy) is 1. The summed E-state index contributed by atoms with van der Waals surface area (Å²) < 4.78 is 7.13. The Balaban J connectivity index is 2.02. The van der Waals surface area contributed by atoms with Crippen molar-refractivity contribution in [1.82, 2.24) is 19.8 Å². The molecule has 0 unspecified atom stereocenters. The van der Waals surface area contributed by atoms with Crippen LogP contribution in [0, 0.1) is 11.3 Å². The molecule has 0 saturated heterocycles. The molecular weight excluding hydrogens is 334 g/mol. The molecule has 9 heteroatoms. The number of nitrogens with two attached hydrogens (primary N) is 2. The summed E-state index contributed by atoms with van der Waals surface area (Å²) in [6.45, 7) is 3.73. The van der Waals surface area contributed by atoms with Crippen LogP contribution in [0.2, 0.25) is 0 Å². The minimum absolute atomic E-state index is 0.0286. The van der Waals surface area contributed by atoms with Gasteiger partial charge >= 0.3 is 0 Å². The zero-order valence-electron chi connectivity index (χ0n) is 14.3. The maximum absolute atomic E-state index is 12.8. The van der Waals surface area contributed by atoms with E-state index in [1.54, 1.807) is 23.1 Å². The van der Waals surface area contributed by atoms with E-state index in [4.69, 9.17) is 16.3 Å². The number of nitrogens with zero attached hydrogens (tertiary/aromatic N) is 5. The predicted molar refractivity (Wildman–Crippen MR) is 90.3 cm³/mol. The fourth-order valence-electron chi connectivity index (χ4n) is 3.40. The van der Waals surface area contributed by atoms with E-state index in [1.807, 2.05) is 19.9 Å². The smallest absolute Gasteiger partial charge is 0.245 e. The monoisotopic (exact) mass is 351 g/mol. The highest BCUT2D eigenvalue weighted by atomic mass is 16.5. The maximum Gasteiger partial charge on any atom is 0.245 e. The standard InChI is InChI=1S/C17H17N7O2/c1-17(2)23(20)8-11(25)14-13-12(9-4-3-5-21-7-9)10(6-18)15(19)26-16(13)22-24(14)17/h3-5,7,12H,8,19-20H2,1-2H3/t12-/m1/s1. The zero-order valence-corrected chi connectivity index (χ0v) is 14.3. The molecule has 2 aromatic rings. The lowest BCUT2D eigenvalue weighted by molar-refractivity contribution is 0.0194. The predicted octanol–water partition coefficient (Wildman–Crippen LogP) is 0.561. The molecule has 9 nitrogen and oxygen atoms in total. The molecule has 0 amide bonds. The maximum atomic E-state index is 12.8. The van der Waals surface area contributed by atoms with Gasteiger partial charge in [0.15, 0.2) is 5.78 Å². The number of fused-ring (bicyclic) bond motifs is 3. The second-order valence-corrected chi connectivity index (χ2v) is 6.74. The molecule has 2 aliphatic rings. The van der Waals surface area contributed by atoms with Crippen molar-refractivity contribution in [2.24, 2.45) is 11.6 Å². The van der Waals surface area contributed by atoms with Crippen LogP contribution < -0.4 is 16.3 Å². The Morgan fingerprint density at radius 3 is 2.88 bits per heavy atom. The first kappa shape index (κ1) is 16.3. The number of rotatable bonds is 1. The number of hydrogen-bond acceptors (Lipinski definition) is 8. The number of nitriles is 1. The van der Waals surface area contributed by atoms with E-state index in [0.717, 1.165) is 5.56 Å². The second kappa shape index (κ2) is 5.39. The van der Waals surface area contributed by atoms with Gasteiger partial charge in [-0.15, -0.1) is 5.10 Å². The van der Waals surface area contributed by atoms with Gasteiger partial charge in [0.05, 0.1) is 18.0 Å². The van der Waals surface area contributed by atoms with E-state index >= 15 is 0 Å². The summed E-state index contributed by atoms with van der Waals surface area (Å²) in [5.41, 5.74) is 7.07. The summed E-state index contributed by atoms with van der Waals surface area (Å²) in [7, 11) is 0. The molecule has 0 aliphatic carbocycles. The van der Waals surface area contributed by atoms with Gasteiger partial charge < -0.3 is 10.5 Å². The Labute approximate surface area is 149 Å². The quantitative estimate of drug-likeness (QED) is 0.711. The van der Waals surface area contributed by atoms with E-state index < -0.39 is 11.6 Å². The van der Waals surface area contributed by atoms with E-state index in [1.165, 1.54) is 5.01 Å². The summed E-state index contributed by atoms with van der Waals surface area (Å²) in [6.07, 6.45) is 3.28. The minimum atomic E-state index is -0.745. The molecule has 26 heavy (non-hydrogen) atoms. The molecule has 1 atom stereocenters. The summed E-state index contributed by atoms with van der Waals surface area (Å²) in [5.74, 6) is 5.42. The van der Waals surface area contributed by atoms with Crippen molar-refractivity contribution >= 4 is 5.78 Å². The average molecular weight is 351 g/mol. The molecule has 4 rings (SSSR count). The third-order valence-corrected chi connectivity index (χ3v) is 4.88. The number of Topliss-reactive ketones (excluding diaryl/α,β-unsaturated/α-hetero) is 1. The van der Waals surface area contributed by atoms with Gasteiger partial charge in [-0.3, -0.25) is 15.6 Å². The first-order chi connectivity index (χ1) is 12.4. The molecule has 132 valence electrons. The average Bonchev–Trinajstić information content (AvgIpc) is 3.00. The molecule has 0 saturated carbocycles. The van der Waals surface area contributed by atoms with Crippen molar-refractivity contribution in [3.8, 4) is 11.9 Å². The first-order valence-corrected chi connectivity index (χ1v) is 8.02. The van der Waals surface area contributed by atoms with Crippen LogP contribution in [0.15, 0.2) is 36.0 Å². The molecule has 0 spiro atoms. The van der Waals surface area contributed by atoms with Gasteiger partial charge in [-0.2, -0.15) is 5.26 Å². The Morgan fingerprint density at radius 2 is 2.23 bits per heavy atom. The lowest BCUT2D eigenvalue weighted by atomic mass is 9.83. The van der Waals surface area contributed by atoms with Crippen LogP contribution in [0.4, 0.5) is 0 Å². The number of carbonyl (C=O) groups excluding carboxylic acids is 1. The van der Waals surface area contributed by atoms with Gasteiger partial charge in [0.25, 0.3) is 0 Å². The Morgan fingerprint density at radius 1 is 1.46 bits per heavy atom. The highest BCUT2D eigenvalue weighted by Gasteiger charge is 2.45. The van der Waals surface area contributed by atoms with Crippen LogP contribution >= 0.6 is 0 Å². The SMILES string of the molecule is CC1(C)N(N)CC(=O)c2c3c(nn21)OC(N)=C(C#N)[C@H]3c1cccnc1. The molecule has 0 fully saturated rings. The van der Waals surface area contributed by atoms with Crippen LogP contribution in [0.3, 0.4) is 0 Å². The third kappa shape index (κ3) is 2.06. The lowest BCUT2D eigenvalue weighted by Crippen LogP contribution is -2.57. The van der Waals surface area contributed by atoms with Crippen LogP contribution in [-0.4, -0.2) is 32.1 Å². The number of allylic oxidation sites excluding steroid dienone is 1. The summed E-state index contributed by atoms with van der Waals surface area (Å²) in [6, 6.07) is 5.69. The number of aromatic nitrogens is 3. The first-order valence-electron chi connectivity index (χ1n) is 8.02. The van der Waals surface area contributed by atoms with Crippen molar-refractivity contribution in [1.29, 1.82) is 5.26 Å². The van der Waals surface area contributed by atoms with E-state index in [-0.39, 0.29) is 29.7 Å². The number of hydrazine groups is 1. The highest BCUT2D eigenvalue weighted by molar-refractivity contribution is 5.99. The number of hydrogen-bond donors (Lipinski definition) is 2. The highest BCUT2D eigenvalue weighted by Crippen LogP contribution is 2.45. The van der Waals surface area contributed by atoms with Crippen LogP contribution in [0.25, 0.3) is 0 Å². The lowest BCUT2D eigenvalue weighted by Gasteiger charge is -2.39. The Bertz CT molecular complexity index is 985. The molecule has 4 heterocycles. The molecular formula is C17H17N7O2. The van der Waals surface area contributed by atoms with Gasteiger partial charge in [0.1, 0.15) is 23.0 Å². The van der Waals surface area contributed by atoms with Gasteiger partial charge in [0.2, 0.25) is 11.8 Å². The number of ketones is 1. The van der Waals surface area contributed by atoms with Crippen molar-refractivity contribution in [3.05, 3.63) is 52.8 Å². The van der Waals surface area contributed by atoms with Gasteiger partial charge in [-0.05, 0) is 25.5 Å². The molecule has 4 N–H and O–H groups in total. The van der Waals surface area contributed by atoms with Gasteiger partial charge in [-0.1, -0.05) is 6.07 Å². The molecule has 0 radical (unpaired) electrons. The molecule has 0 bridgehead atoms. The van der Waals surface area contributed by atoms with E-state index in [9.17, 15) is 10.1 Å². The van der Waals surface area contributed by atoms with E-state index in [2.05, 4.69) is 16.2 Å². The topological polar surface area (TPSA) is 136 Å². The fourth-order valence-corrected chi connectivity index (χ4v) is 3.40. The van der Waals surface area contributed by atoms with Crippen molar-refractivity contribution in [3.63, 3.8) is 0 Å². The third-order valence-electron chi connectivity index (χ3n) is 4.88.